The van der Waals surface area contributed by atoms with Gasteiger partial charge in [-0.05, 0) is 26.8 Å². The minimum absolute atomic E-state index is 0.124. The summed E-state index contributed by atoms with van der Waals surface area (Å²) in [6.07, 6.45) is 2.49. The lowest BCUT2D eigenvalue weighted by Gasteiger charge is -2.39. The molecule has 0 aliphatic carbocycles. The van der Waals surface area contributed by atoms with Gasteiger partial charge in [-0.2, -0.15) is 0 Å². The summed E-state index contributed by atoms with van der Waals surface area (Å²) >= 11 is 0. The van der Waals surface area contributed by atoms with Crippen molar-refractivity contribution < 1.29 is 4.79 Å². The third-order valence-corrected chi connectivity index (χ3v) is 3.41. The number of piperazine rings is 1. The van der Waals surface area contributed by atoms with Crippen LogP contribution in [-0.2, 0) is 4.79 Å². The highest BCUT2D eigenvalue weighted by Gasteiger charge is 2.25. The molecule has 2 atom stereocenters. The smallest absolute Gasteiger partial charge is 0.222 e. The number of nitrogens with two attached hydrogens (primary N) is 1. The number of hydrogen-bond donors (Lipinski definition) is 1. The average Bonchev–Trinajstić information content (AvgIpc) is 2.26. The second-order valence-electron chi connectivity index (χ2n) is 4.90. The van der Waals surface area contributed by atoms with Crippen molar-refractivity contribution in [2.45, 2.75) is 45.2 Å². The Kier molecular flexibility index (Phi) is 5.22. The SMILES string of the molecule is CCC1CN(C(=O)CCC(C)N)CCN1C. The lowest BCUT2D eigenvalue weighted by Crippen LogP contribution is -2.53. The first kappa shape index (κ1) is 13.5. The van der Waals surface area contributed by atoms with Gasteiger partial charge in [0.1, 0.15) is 0 Å². The molecule has 1 rings (SSSR count). The van der Waals surface area contributed by atoms with E-state index in [4.69, 9.17) is 5.73 Å². The Hall–Kier alpha value is -0.610. The van der Waals surface area contributed by atoms with Gasteiger partial charge in [-0.3, -0.25) is 9.69 Å². The lowest BCUT2D eigenvalue weighted by molar-refractivity contribution is -0.134. The molecule has 94 valence electrons. The van der Waals surface area contributed by atoms with Crippen LogP contribution in [0.15, 0.2) is 0 Å². The van der Waals surface area contributed by atoms with Crippen LogP contribution in [0.4, 0.5) is 0 Å². The Morgan fingerprint density at radius 2 is 2.19 bits per heavy atom. The second-order valence-corrected chi connectivity index (χ2v) is 4.90. The molecule has 0 aromatic rings. The quantitative estimate of drug-likeness (QED) is 0.768. The number of rotatable bonds is 4. The average molecular weight is 227 g/mol. The summed E-state index contributed by atoms with van der Waals surface area (Å²) in [6, 6.07) is 0.645. The van der Waals surface area contributed by atoms with Crippen LogP contribution in [0.2, 0.25) is 0 Å². The number of amides is 1. The van der Waals surface area contributed by atoms with Gasteiger partial charge in [0.15, 0.2) is 0 Å². The van der Waals surface area contributed by atoms with Crippen molar-refractivity contribution in [3.8, 4) is 0 Å². The molecule has 0 radical (unpaired) electrons. The predicted molar refractivity (Wildman–Crippen MR) is 66.2 cm³/mol. The minimum Gasteiger partial charge on any atom is -0.340 e. The van der Waals surface area contributed by atoms with Gasteiger partial charge in [-0.25, -0.2) is 0 Å². The molecule has 1 amide bonds. The summed E-state index contributed by atoms with van der Waals surface area (Å²) in [4.78, 5) is 16.3. The van der Waals surface area contributed by atoms with E-state index >= 15 is 0 Å². The molecule has 0 spiro atoms. The maximum atomic E-state index is 11.9. The zero-order valence-corrected chi connectivity index (χ0v) is 10.8. The van der Waals surface area contributed by atoms with Gasteiger partial charge in [0.25, 0.3) is 0 Å². The predicted octanol–water partition coefficient (Wildman–Crippen LogP) is 0.666. The fourth-order valence-electron chi connectivity index (χ4n) is 2.12. The number of carbonyl (C=O) groups is 1. The third-order valence-electron chi connectivity index (χ3n) is 3.41. The topological polar surface area (TPSA) is 49.6 Å². The van der Waals surface area contributed by atoms with Gasteiger partial charge < -0.3 is 10.6 Å². The van der Waals surface area contributed by atoms with E-state index in [1.54, 1.807) is 0 Å². The van der Waals surface area contributed by atoms with Gasteiger partial charge in [0, 0.05) is 38.1 Å². The maximum absolute atomic E-state index is 11.9. The largest absolute Gasteiger partial charge is 0.340 e. The highest BCUT2D eigenvalue weighted by Crippen LogP contribution is 2.12. The molecule has 0 aromatic heterocycles. The molecule has 1 aliphatic rings. The minimum atomic E-state index is 0.124. The van der Waals surface area contributed by atoms with E-state index in [0.717, 1.165) is 32.5 Å². The first-order valence-electron chi connectivity index (χ1n) is 6.28. The van der Waals surface area contributed by atoms with Crippen LogP contribution in [0.3, 0.4) is 0 Å². The fraction of sp³-hybridized carbons (Fsp3) is 0.917. The molecule has 0 aromatic carbocycles. The molecule has 4 nitrogen and oxygen atoms in total. The Morgan fingerprint density at radius 1 is 1.50 bits per heavy atom. The van der Waals surface area contributed by atoms with Crippen molar-refractivity contribution in [2.75, 3.05) is 26.7 Å². The van der Waals surface area contributed by atoms with Crippen LogP contribution in [0.5, 0.6) is 0 Å². The molecule has 0 saturated carbocycles. The van der Waals surface area contributed by atoms with E-state index in [-0.39, 0.29) is 11.9 Å². The molecule has 1 heterocycles. The maximum Gasteiger partial charge on any atom is 0.222 e. The van der Waals surface area contributed by atoms with Crippen LogP contribution in [0, 0.1) is 0 Å². The summed E-state index contributed by atoms with van der Waals surface area (Å²) in [5.74, 6) is 0.267. The molecular weight excluding hydrogens is 202 g/mol. The van der Waals surface area contributed by atoms with Crippen LogP contribution in [-0.4, -0.2) is 54.5 Å². The van der Waals surface area contributed by atoms with E-state index in [1.165, 1.54) is 0 Å². The van der Waals surface area contributed by atoms with Crippen LogP contribution in [0.1, 0.15) is 33.1 Å². The third kappa shape index (κ3) is 3.76. The molecule has 1 aliphatic heterocycles. The molecule has 4 heteroatoms. The number of nitrogens with zero attached hydrogens (tertiary/aromatic N) is 2. The van der Waals surface area contributed by atoms with Crippen molar-refractivity contribution in [3.05, 3.63) is 0 Å². The van der Waals surface area contributed by atoms with Gasteiger partial charge in [0.2, 0.25) is 5.91 Å². The second kappa shape index (κ2) is 6.21. The van der Waals surface area contributed by atoms with Crippen LogP contribution < -0.4 is 5.73 Å². The van der Waals surface area contributed by atoms with Crippen LogP contribution in [0.25, 0.3) is 0 Å². The monoisotopic (exact) mass is 227 g/mol. The van der Waals surface area contributed by atoms with Gasteiger partial charge in [-0.15, -0.1) is 0 Å². The highest BCUT2D eigenvalue weighted by molar-refractivity contribution is 5.76. The van der Waals surface area contributed by atoms with E-state index in [9.17, 15) is 4.79 Å². The Labute approximate surface area is 98.8 Å². The number of carbonyl (C=O) groups excluding carboxylic acids is 1. The van der Waals surface area contributed by atoms with Gasteiger partial charge in [-0.1, -0.05) is 6.92 Å². The van der Waals surface area contributed by atoms with Crippen LogP contribution >= 0.6 is 0 Å². The van der Waals surface area contributed by atoms with Crippen molar-refractivity contribution in [1.29, 1.82) is 0 Å². The Bertz CT molecular complexity index is 230. The number of likely N-dealkylation sites (N-methyl/N-ethyl adjacent to an activating group) is 1. The Morgan fingerprint density at radius 3 is 2.75 bits per heavy atom. The van der Waals surface area contributed by atoms with E-state index in [2.05, 4.69) is 18.9 Å². The van der Waals surface area contributed by atoms with Crippen molar-refractivity contribution in [2.24, 2.45) is 5.73 Å². The van der Waals surface area contributed by atoms with E-state index < -0.39 is 0 Å². The van der Waals surface area contributed by atoms with E-state index in [1.807, 2.05) is 11.8 Å². The lowest BCUT2D eigenvalue weighted by atomic mass is 10.1. The molecule has 0 bridgehead atoms. The van der Waals surface area contributed by atoms with Crippen molar-refractivity contribution >= 4 is 5.91 Å². The Balaban J connectivity index is 2.39. The first-order chi connectivity index (χ1) is 7.54. The summed E-state index contributed by atoms with van der Waals surface area (Å²) < 4.78 is 0. The molecule has 1 saturated heterocycles. The van der Waals surface area contributed by atoms with E-state index in [0.29, 0.717) is 12.5 Å². The normalized spacial score (nSPS) is 24.5. The van der Waals surface area contributed by atoms with Gasteiger partial charge in [0.05, 0.1) is 0 Å². The first-order valence-corrected chi connectivity index (χ1v) is 6.28. The molecule has 1 fully saturated rings. The molecular formula is C12H25N3O. The molecule has 16 heavy (non-hydrogen) atoms. The van der Waals surface area contributed by atoms with Crippen molar-refractivity contribution in [1.82, 2.24) is 9.80 Å². The zero-order chi connectivity index (χ0) is 12.1. The highest BCUT2D eigenvalue weighted by atomic mass is 16.2. The molecule has 2 unspecified atom stereocenters. The van der Waals surface area contributed by atoms with Gasteiger partial charge >= 0.3 is 0 Å². The summed E-state index contributed by atoms with van der Waals surface area (Å²) in [6.45, 7) is 6.86. The van der Waals surface area contributed by atoms with Crippen molar-refractivity contribution in [3.63, 3.8) is 0 Å². The molecule has 2 N–H and O–H groups in total. The summed E-state index contributed by atoms with van der Waals surface area (Å²) in [5, 5.41) is 0. The summed E-state index contributed by atoms with van der Waals surface area (Å²) in [7, 11) is 2.14. The fourth-order valence-corrected chi connectivity index (χ4v) is 2.12. The number of hydrogen-bond acceptors (Lipinski definition) is 3. The zero-order valence-electron chi connectivity index (χ0n) is 10.8. The summed E-state index contributed by atoms with van der Waals surface area (Å²) in [5.41, 5.74) is 5.67. The standard InChI is InChI=1S/C12H25N3O/c1-4-11-9-15(8-7-14(11)3)12(16)6-5-10(2)13/h10-11H,4-9,13H2,1-3H3.